The highest BCUT2D eigenvalue weighted by atomic mass is 32.2. The Morgan fingerprint density at radius 3 is 2.44 bits per heavy atom. The van der Waals surface area contributed by atoms with E-state index in [1.807, 2.05) is 0 Å². The van der Waals surface area contributed by atoms with Crippen LogP contribution in [0.3, 0.4) is 0 Å². The molecule has 1 aromatic carbocycles. The molecule has 0 saturated heterocycles. The van der Waals surface area contributed by atoms with Gasteiger partial charge in [0.15, 0.2) is 0 Å². The number of carbonyl (C=O) groups is 2. The molecule has 6 heteroatoms. The third-order valence-electron chi connectivity index (χ3n) is 2.17. The van der Waals surface area contributed by atoms with E-state index >= 15 is 0 Å². The average molecular weight is 270 g/mol. The minimum atomic E-state index is -0.471. The van der Waals surface area contributed by atoms with Crippen LogP contribution in [0.1, 0.15) is 10.4 Å². The number of hydrogen-bond acceptors (Lipinski definition) is 6. The highest BCUT2D eigenvalue weighted by molar-refractivity contribution is 8.00. The van der Waals surface area contributed by atoms with Crippen molar-refractivity contribution in [1.29, 1.82) is 0 Å². The molecule has 0 saturated carbocycles. The Labute approximate surface area is 109 Å². The Kier molecular flexibility index (Phi) is 5.51. The van der Waals surface area contributed by atoms with Gasteiger partial charge in [0.1, 0.15) is 5.75 Å². The lowest BCUT2D eigenvalue weighted by atomic mass is 10.2. The minimum absolute atomic E-state index is 0.132. The van der Waals surface area contributed by atoms with E-state index in [0.717, 1.165) is 0 Å². The molecule has 98 valence electrons. The molecule has 0 radical (unpaired) electrons. The topological polar surface area (TPSA) is 61.8 Å². The second kappa shape index (κ2) is 6.90. The number of benzene rings is 1. The van der Waals surface area contributed by atoms with Crippen LogP contribution in [0.15, 0.2) is 23.1 Å². The van der Waals surface area contributed by atoms with Gasteiger partial charge >= 0.3 is 11.9 Å². The van der Waals surface area contributed by atoms with Crippen molar-refractivity contribution in [3.05, 3.63) is 23.8 Å². The summed E-state index contributed by atoms with van der Waals surface area (Å²) in [5.74, 6) is -0.141. The van der Waals surface area contributed by atoms with Gasteiger partial charge in [-0.2, -0.15) is 0 Å². The number of carbonyl (C=O) groups excluding carboxylic acids is 2. The van der Waals surface area contributed by atoms with Crippen molar-refractivity contribution in [2.24, 2.45) is 0 Å². The van der Waals surface area contributed by atoms with E-state index in [2.05, 4.69) is 9.47 Å². The van der Waals surface area contributed by atoms with Gasteiger partial charge < -0.3 is 14.2 Å². The van der Waals surface area contributed by atoms with Crippen molar-refractivity contribution < 1.29 is 23.8 Å². The van der Waals surface area contributed by atoms with Gasteiger partial charge in [-0.3, -0.25) is 4.79 Å². The van der Waals surface area contributed by atoms with Crippen molar-refractivity contribution in [1.82, 2.24) is 0 Å². The van der Waals surface area contributed by atoms with E-state index in [4.69, 9.17) is 4.74 Å². The highest BCUT2D eigenvalue weighted by Crippen LogP contribution is 2.27. The number of rotatable bonds is 5. The number of esters is 2. The quantitative estimate of drug-likeness (QED) is 0.600. The van der Waals surface area contributed by atoms with Crippen LogP contribution in [0.4, 0.5) is 0 Å². The van der Waals surface area contributed by atoms with Gasteiger partial charge in [-0.25, -0.2) is 4.79 Å². The lowest BCUT2D eigenvalue weighted by Gasteiger charge is -2.09. The summed E-state index contributed by atoms with van der Waals surface area (Å²) in [7, 11) is 4.13. The maximum Gasteiger partial charge on any atom is 0.339 e. The SMILES string of the molecule is COC(=O)CSc1ccc(OC)cc1C(=O)OC. The Bertz CT molecular complexity index is 444. The van der Waals surface area contributed by atoms with Gasteiger partial charge in [-0.05, 0) is 18.2 Å². The third kappa shape index (κ3) is 3.66. The zero-order valence-corrected chi connectivity index (χ0v) is 11.2. The number of thioether (sulfide) groups is 1. The molecule has 0 fully saturated rings. The smallest absolute Gasteiger partial charge is 0.339 e. The van der Waals surface area contributed by atoms with Crippen LogP contribution in [0, 0.1) is 0 Å². The standard InChI is InChI=1S/C12H14O5S/c1-15-8-4-5-10(18-7-11(13)16-2)9(6-8)12(14)17-3/h4-6H,7H2,1-3H3. The summed E-state index contributed by atoms with van der Waals surface area (Å²) in [5, 5.41) is 0. The van der Waals surface area contributed by atoms with Gasteiger partial charge in [0.2, 0.25) is 0 Å². The summed E-state index contributed by atoms with van der Waals surface area (Å²) in [4.78, 5) is 23.3. The van der Waals surface area contributed by atoms with E-state index < -0.39 is 5.97 Å². The second-order valence-electron chi connectivity index (χ2n) is 3.22. The van der Waals surface area contributed by atoms with E-state index in [1.165, 1.54) is 33.1 Å². The molecular formula is C12H14O5S. The molecule has 0 atom stereocenters. The molecule has 0 aliphatic carbocycles. The predicted molar refractivity (Wildman–Crippen MR) is 67.1 cm³/mol. The fourth-order valence-electron chi connectivity index (χ4n) is 1.23. The second-order valence-corrected chi connectivity index (χ2v) is 4.24. The lowest BCUT2D eigenvalue weighted by molar-refractivity contribution is -0.137. The Morgan fingerprint density at radius 2 is 1.89 bits per heavy atom. The van der Waals surface area contributed by atoms with Gasteiger partial charge in [0.25, 0.3) is 0 Å². The number of methoxy groups -OCH3 is 3. The molecule has 1 aromatic rings. The Hall–Kier alpha value is -1.69. The lowest BCUT2D eigenvalue weighted by Crippen LogP contribution is -2.06. The van der Waals surface area contributed by atoms with Crippen molar-refractivity contribution in [3.63, 3.8) is 0 Å². The monoisotopic (exact) mass is 270 g/mol. The molecule has 0 aromatic heterocycles. The fourth-order valence-corrected chi connectivity index (χ4v) is 2.08. The molecule has 0 bridgehead atoms. The first-order chi connectivity index (χ1) is 8.62. The normalized spacial score (nSPS) is 9.72. The molecule has 0 unspecified atom stereocenters. The van der Waals surface area contributed by atoms with Crippen molar-refractivity contribution >= 4 is 23.7 Å². The van der Waals surface area contributed by atoms with Crippen LogP contribution in [-0.4, -0.2) is 39.0 Å². The molecule has 18 heavy (non-hydrogen) atoms. The maximum atomic E-state index is 11.6. The largest absolute Gasteiger partial charge is 0.497 e. The summed E-state index contributed by atoms with van der Waals surface area (Å²) in [6, 6.07) is 5.00. The van der Waals surface area contributed by atoms with Crippen LogP contribution in [0.2, 0.25) is 0 Å². The number of ether oxygens (including phenoxy) is 3. The molecule has 0 spiro atoms. The Balaban J connectivity index is 2.95. The fraction of sp³-hybridized carbons (Fsp3) is 0.333. The van der Waals surface area contributed by atoms with E-state index in [9.17, 15) is 9.59 Å². The van der Waals surface area contributed by atoms with Crippen LogP contribution in [0.5, 0.6) is 5.75 Å². The number of hydrogen-bond donors (Lipinski definition) is 0. The molecule has 0 amide bonds. The summed E-state index contributed by atoms with van der Waals surface area (Å²) in [6.07, 6.45) is 0. The Morgan fingerprint density at radius 1 is 1.17 bits per heavy atom. The summed E-state index contributed by atoms with van der Waals surface area (Å²) in [5.41, 5.74) is 0.366. The van der Waals surface area contributed by atoms with E-state index in [-0.39, 0.29) is 11.7 Å². The summed E-state index contributed by atoms with van der Waals surface area (Å²) < 4.78 is 14.3. The predicted octanol–water partition coefficient (Wildman–Crippen LogP) is 1.75. The molecule has 0 N–H and O–H groups in total. The first-order valence-electron chi connectivity index (χ1n) is 5.08. The molecule has 0 aliphatic heterocycles. The van der Waals surface area contributed by atoms with Crippen molar-refractivity contribution in [2.75, 3.05) is 27.1 Å². The average Bonchev–Trinajstić information content (AvgIpc) is 2.43. The summed E-state index contributed by atoms with van der Waals surface area (Å²) >= 11 is 1.21. The van der Waals surface area contributed by atoms with Crippen LogP contribution >= 0.6 is 11.8 Å². The maximum absolute atomic E-state index is 11.6. The zero-order valence-electron chi connectivity index (χ0n) is 10.4. The first kappa shape index (κ1) is 14.4. The van der Waals surface area contributed by atoms with Crippen LogP contribution in [-0.2, 0) is 14.3 Å². The van der Waals surface area contributed by atoms with Crippen LogP contribution < -0.4 is 4.74 Å². The minimum Gasteiger partial charge on any atom is -0.497 e. The molecular weight excluding hydrogens is 256 g/mol. The van der Waals surface area contributed by atoms with E-state index in [1.54, 1.807) is 18.2 Å². The van der Waals surface area contributed by atoms with Gasteiger partial charge in [-0.15, -0.1) is 11.8 Å². The highest BCUT2D eigenvalue weighted by Gasteiger charge is 2.15. The summed E-state index contributed by atoms with van der Waals surface area (Å²) in [6.45, 7) is 0. The molecule has 1 rings (SSSR count). The molecule has 0 aliphatic rings. The van der Waals surface area contributed by atoms with Crippen molar-refractivity contribution in [3.8, 4) is 5.75 Å². The van der Waals surface area contributed by atoms with Gasteiger partial charge in [-0.1, -0.05) is 0 Å². The van der Waals surface area contributed by atoms with Crippen molar-refractivity contribution in [2.45, 2.75) is 4.90 Å². The van der Waals surface area contributed by atoms with Crippen LogP contribution in [0.25, 0.3) is 0 Å². The third-order valence-corrected chi connectivity index (χ3v) is 3.21. The molecule has 0 heterocycles. The molecule has 5 nitrogen and oxygen atoms in total. The van der Waals surface area contributed by atoms with E-state index in [0.29, 0.717) is 16.2 Å². The van der Waals surface area contributed by atoms with Gasteiger partial charge in [0, 0.05) is 4.90 Å². The van der Waals surface area contributed by atoms with Gasteiger partial charge in [0.05, 0.1) is 32.6 Å². The zero-order chi connectivity index (χ0) is 13.5. The first-order valence-corrected chi connectivity index (χ1v) is 6.07.